The molecule has 114 valence electrons. The van der Waals surface area contributed by atoms with Gasteiger partial charge < -0.3 is 0 Å². The van der Waals surface area contributed by atoms with Crippen molar-refractivity contribution in [3.8, 4) is 0 Å². The third kappa shape index (κ3) is 1.70. The molecular formula is C22H14S2. The van der Waals surface area contributed by atoms with Gasteiger partial charge in [-0.2, -0.15) is 0 Å². The molecule has 1 unspecified atom stereocenters. The Balaban J connectivity index is 1.71. The van der Waals surface area contributed by atoms with Crippen LogP contribution in [0.4, 0.5) is 0 Å². The summed E-state index contributed by atoms with van der Waals surface area (Å²) in [5, 5.41) is 5.57. The lowest BCUT2D eigenvalue weighted by Crippen LogP contribution is -1.96. The molecule has 0 fully saturated rings. The van der Waals surface area contributed by atoms with E-state index in [0.29, 0.717) is 5.92 Å². The molecule has 1 aliphatic carbocycles. The molecule has 1 aromatic heterocycles. The van der Waals surface area contributed by atoms with Crippen molar-refractivity contribution in [1.29, 1.82) is 0 Å². The second-order valence-electron chi connectivity index (χ2n) is 6.54. The quantitative estimate of drug-likeness (QED) is 0.324. The Morgan fingerprint density at radius 2 is 1.88 bits per heavy atom. The highest BCUT2D eigenvalue weighted by atomic mass is 32.2. The zero-order valence-corrected chi connectivity index (χ0v) is 14.6. The average Bonchev–Trinajstić information content (AvgIpc) is 3.18. The van der Waals surface area contributed by atoms with E-state index < -0.39 is 0 Å². The van der Waals surface area contributed by atoms with Crippen LogP contribution in [0.1, 0.15) is 17.9 Å². The third-order valence-corrected chi connectivity index (χ3v) is 7.65. The molecule has 2 aliphatic rings. The molecule has 24 heavy (non-hydrogen) atoms. The van der Waals surface area contributed by atoms with Gasteiger partial charge in [-0.3, -0.25) is 0 Å². The van der Waals surface area contributed by atoms with Gasteiger partial charge >= 0.3 is 0 Å². The molecule has 6 rings (SSSR count). The number of benzene rings is 3. The zero-order chi connectivity index (χ0) is 15.7. The topological polar surface area (TPSA) is 0 Å². The van der Waals surface area contributed by atoms with Gasteiger partial charge in [0.2, 0.25) is 0 Å². The summed E-state index contributed by atoms with van der Waals surface area (Å²) in [6, 6.07) is 18.2. The van der Waals surface area contributed by atoms with E-state index in [1.807, 2.05) is 23.1 Å². The number of thiophene rings is 1. The number of allylic oxidation sites excluding steroid dienone is 4. The molecule has 0 nitrogen and oxygen atoms in total. The van der Waals surface area contributed by atoms with Gasteiger partial charge in [0.15, 0.2) is 0 Å². The molecule has 0 N–H and O–H groups in total. The first kappa shape index (κ1) is 13.3. The van der Waals surface area contributed by atoms with Gasteiger partial charge in [-0.1, -0.05) is 60.3 Å². The van der Waals surface area contributed by atoms with Crippen molar-refractivity contribution in [3.63, 3.8) is 0 Å². The minimum absolute atomic E-state index is 0.573. The van der Waals surface area contributed by atoms with Crippen LogP contribution < -0.4 is 0 Å². The number of fused-ring (bicyclic) bond motifs is 8. The Morgan fingerprint density at radius 3 is 2.88 bits per heavy atom. The highest BCUT2D eigenvalue weighted by molar-refractivity contribution is 8.03. The van der Waals surface area contributed by atoms with Gasteiger partial charge in [-0.25, -0.2) is 0 Å². The van der Waals surface area contributed by atoms with Crippen LogP contribution in [0.3, 0.4) is 0 Å². The fourth-order valence-electron chi connectivity index (χ4n) is 4.03. The normalized spacial score (nSPS) is 19.0. The Kier molecular flexibility index (Phi) is 2.63. The fraction of sp³-hybridized carbons (Fsp3) is 0.0909. The summed E-state index contributed by atoms with van der Waals surface area (Å²) in [7, 11) is 0. The summed E-state index contributed by atoms with van der Waals surface area (Å²) in [6.45, 7) is 0. The molecular weight excluding hydrogens is 328 g/mol. The molecule has 2 heteroatoms. The average molecular weight is 342 g/mol. The lowest BCUT2D eigenvalue weighted by Gasteiger charge is -2.13. The first-order chi connectivity index (χ1) is 11.9. The van der Waals surface area contributed by atoms with Crippen LogP contribution in [0.15, 0.2) is 76.6 Å². The second kappa shape index (κ2) is 4.75. The van der Waals surface area contributed by atoms with E-state index >= 15 is 0 Å². The number of hydrogen-bond acceptors (Lipinski definition) is 2. The highest BCUT2D eigenvalue weighted by Crippen LogP contribution is 2.53. The van der Waals surface area contributed by atoms with Crippen molar-refractivity contribution in [2.24, 2.45) is 0 Å². The van der Waals surface area contributed by atoms with Gasteiger partial charge in [-0.15, -0.1) is 11.3 Å². The van der Waals surface area contributed by atoms with E-state index in [1.165, 1.54) is 46.3 Å². The van der Waals surface area contributed by atoms with Gasteiger partial charge in [-0.05, 0) is 45.9 Å². The van der Waals surface area contributed by atoms with Crippen LogP contribution >= 0.6 is 23.1 Å². The van der Waals surface area contributed by atoms with Crippen LogP contribution in [0.2, 0.25) is 0 Å². The van der Waals surface area contributed by atoms with E-state index in [-0.39, 0.29) is 0 Å². The van der Waals surface area contributed by atoms with Crippen molar-refractivity contribution in [1.82, 2.24) is 0 Å². The molecule has 4 aromatic rings. The molecule has 0 bridgehead atoms. The third-order valence-electron chi connectivity index (χ3n) is 5.21. The van der Waals surface area contributed by atoms with Crippen LogP contribution in [0.5, 0.6) is 0 Å². The highest BCUT2D eigenvalue weighted by Gasteiger charge is 2.29. The predicted octanol–water partition coefficient (Wildman–Crippen LogP) is 7.24. The summed E-state index contributed by atoms with van der Waals surface area (Å²) >= 11 is 3.89. The molecule has 1 aliphatic heterocycles. The van der Waals surface area contributed by atoms with Gasteiger partial charge in [0.25, 0.3) is 0 Å². The smallest absolute Gasteiger partial charge is 0.0433 e. The Morgan fingerprint density at radius 1 is 0.917 bits per heavy atom. The Bertz CT molecular complexity index is 1210. The van der Waals surface area contributed by atoms with Gasteiger partial charge in [0.05, 0.1) is 0 Å². The van der Waals surface area contributed by atoms with Crippen LogP contribution in [0.25, 0.3) is 30.9 Å². The van der Waals surface area contributed by atoms with Crippen molar-refractivity contribution < 1.29 is 0 Å². The Hall–Kier alpha value is -2.03. The van der Waals surface area contributed by atoms with Crippen molar-refractivity contribution in [2.75, 3.05) is 0 Å². The first-order valence-electron chi connectivity index (χ1n) is 8.31. The Labute approximate surface area is 148 Å². The summed E-state index contributed by atoms with van der Waals surface area (Å²) < 4.78 is 2.82. The monoisotopic (exact) mass is 342 g/mol. The number of hydrogen-bond donors (Lipinski definition) is 0. The molecule has 0 spiro atoms. The zero-order valence-electron chi connectivity index (χ0n) is 13.0. The lowest BCUT2D eigenvalue weighted by atomic mass is 9.91. The summed E-state index contributed by atoms with van der Waals surface area (Å²) in [5.41, 5.74) is 1.52. The minimum atomic E-state index is 0.573. The number of rotatable bonds is 0. The largest absolute Gasteiger partial charge is 0.135 e. The van der Waals surface area contributed by atoms with Gasteiger partial charge in [0.1, 0.15) is 0 Å². The van der Waals surface area contributed by atoms with Crippen molar-refractivity contribution >= 4 is 54.0 Å². The van der Waals surface area contributed by atoms with Crippen LogP contribution in [0, 0.1) is 0 Å². The lowest BCUT2D eigenvalue weighted by molar-refractivity contribution is 0.840. The van der Waals surface area contributed by atoms with Crippen molar-refractivity contribution in [3.05, 3.63) is 77.2 Å². The van der Waals surface area contributed by atoms with E-state index in [2.05, 4.69) is 66.8 Å². The minimum Gasteiger partial charge on any atom is -0.135 e. The van der Waals surface area contributed by atoms with E-state index in [0.717, 1.165) is 6.42 Å². The molecule has 2 heterocycles. The molecule has 0 radical (unpaired) electrons. The van der Waals surface area contributed by atoms with Crippen LogP contribution in [-0.4, -0.2) is 0 Å². The molecule has 0 saturated carbocycles. The standard InChI is InChI=1S/C22H14S2/c1-4-8-20-14(5-1)16-10-9-13-11-21-18(12-17(13)22(16)24-20)15-6-2-3-7-19(15)23-21/h1-5,7-12,15H,6H2. The first-order valence-corrected chi connectivity index (χ1v) is 9.94. The molecule has 0 saturated heterocycles. The summed E-state index contributed by atoms with van der Waals surface area (Å²) in [5.74, 6) is 0.573. The van der Waals surface area contributed by atoms with E-state index in [4.69, 9.17) is 0 Å². The molecule has 3 aromatic carbocycles. The summed E-state index contributed by atoms with van der Waals surface area (Å²) in [4.78, 5) is 2.96. The van der Waals surface area contributed by atoms with Gasteiger partial charge in [0, 0.05) is 31.0 Å². The second-order valence-corrected chi connectivity index (χ2v) is 8.71. The maximum atomic E-state index is 2.47. The maximum Gasteiger partial charge on any atom is 0.0433 e. The number of thioether (sulfide) groups is 1. The molecule has 1 atom stereocenters. The molecule has 0 amide bonds. The van der Waals surface area contributed by atoms with Crippen molar-refractivity contribution in [2.45, 2.75) is 17.2 Å². The SMILES string of the molecule is C1=CCC2C(=C1)Sc1cc3ccc4c5ccccc5sc4c3cc12. The fourth-order valence-corrected chi connectivity index (χ4v) is 6.53. The van der Waals surface area contributed by atoms with Crippen LogP contribution in [-0.2, 0) is 0 Å². The van der Waals surface area contributed by atoms with E-state index in [9.17, 15) is 0 Å². The summed E-state index contributed by atoms with van der Waals surface area (Å²) in [6.07, 6.45) is 7.93. The maximum absolute atomic E-state index is 2.47. The van der Waals surface area contributed by atoms with E-state index in [1.54, 1.807) is 0 Å². The predicted molar refractivity (Wildman–Crippen MR) is 107 cm³/mol.